The van der Waals surface area contributed by atoms with Crippen molar-refractivity contribution in [3.8, 4) is 5.75 Å². The second-order valence-corrected chi connectivity index (χ2v) is 5.18. The molecule has 0 bridgehead atoms. The fraction of sp³-hybridized carbons (Fsp3) is 0.294. The lowest BCUT2D eigenvalue weighted by atomic mass is 10.1. The molecule has 0 atom stereocenters. The highest BCUT2D eigenvalue weighted by Crippen LogP contribution is 2.29. The van der Waals surface area contributed by atoms with Gasteiger partial charge in [-0.15, -0.1) is 0 Å². The third-order valence-corrected chi connectivity index (χ3v) is 3.48. The lowest BCUT2D eigenvalue weighted by Gasteiger charge is -2.10. The zero-order valence-corrected chi connectivity index (χ0v) is 12.8. The van der Waals surface area contributed by atoms with Crippen molar-refractivity contribution in [2.75, 3.05) is 24.7 Å². The highest BCUT2D eigenvalue weighted by molar-refractivity contribution is 5.54. The minimum absolute atomic E-state index is 0.598. The summed E-state index contributed by atoms with van der Waals surface area (Å²) in [6.07, 6.45) is -2.64. The average Bonchev–Trinajstić information content (AvgIpc) is 2.51. The van der Waals surface area contributed by atoms with Gasteiger partial charge in [0.25, 0.3) is 0 Å². The quantitative estimate of drug-likeness (QED) is 0.614. The lowest BCUT2D eigenvalue weighted by molar-refractivity contribution is -0.137. The monoisotopic (exact) mass is 324 g/mol. The molecule has 6 heteroatoms. The third kappa shape index (κ3) is 4.81. The number of nitrogens with two attached hydrogens (primary N) is 1. The van der Waals surface area contributed by atoms with Gasteiger partial charge in [-0.25, -0.2) is 0 Å². The van der Waals surface area contributed by atoms with Crippen LogP contribution in [0.5, 0.6) is 5.75 Å². The Labute approximate surface area is 133 Å². The number of aryl methyl sites for hydroxylation is 1. The molecular formula is C17H19F3N2O. The van der Waals surface area contributed by atoms with Crippen LogP contribution in [-0.2, 0) is 12.6 Å². The van der Waals surface area contributed by atoms with E-state index < -0.39 is 11.7 Å². The van der Waals surface area contributed by atoms with E-state index in [1.807, 2.05) is 18.2 Å². The summed E-state index contributed by atoms with van der Waals surface area (Å²) < 4.78 is 42.5. The van der Waals surface area contributed by atoms with Crippen molar-refractivity contribution in [3.63, 3.8) is 0 Å². The van der Waals surface area contributed by atoms with Crippen LogP contribution < -0.4 is 15.8 Å². The predicted octanol–water partition coefficient (Wildman–Crippen LogP) is 4.34. The number of alkyl halides is 3. The molecule has 124 valence electrons. The molecule has 0 spiro atoms. The zero-order valence-electron chi connectivity index (χ0n) is 12.8. The third-order valence-electron chi connectivity index (χ3n) is 3.48. The van der Waals surface area contributed by atoms with Gasteiger partial charge in [-0.1, -0.05) is 6.07 Å². The van der Waals surface area contributed by atoms with E-state index in [9.17, 15) is 13.2 Å². The SMILES string of the molecule is COc1ccc(CCCNc2ccc(C(F)(F)F)cc2)cc1N. The van der Waals surface area contributed by atoms with Crippen molar-refractivity contribution >= 4 is 11.4 Å². The minimum Gasteiger partial charge on any atom is -0.495 e. The number of benzene rings is 2. The maximum absolute atomic E-state index is 12.5. The molecule has 3 nitrogen and oxygen atoms in total. The molecule has 0 aliphatic heterocycles. The Morgan fingerprint density at radius 1 is 1.09 bits per heavy atom. The van der Waals surface area contributed by atoms with Gasteiger partial charge in [-0.2, -0.15) is 13.2 Å². The van der Waals surface area contributed by atoms with Gasteiger partial charge < -0.3 is 15.8 Å². The summed E-state index contributed by atoms with van der Waals surface area (Å²) in [6.45, 7) is 0.664. The number of nitrogen functional groups attached to an aromatic ring is 1. The van der Waals surface area contributed by atoms with Crippen molar-refractivity contribution in [2.24, 2.45) is 0 Å². The molecular weight excluding hydrogens is 305 g/mol. The molecule has 0 saturated heterocycles. The number of methoxy groups -OCH3 is 1. The summed E-state index contributed by atoms with van der Waals surface area (Å²) in [7, 11) is 1.57. The molecule has 0 aromatic heterocycles. The second-order valence-electron chi connectivity index (χ2n) is 5.18. The number of nitrogens with one attached hydrogen (secondary N) is 1. The summed E-state index contributed by atoms with van der Waals surface area (Å²) in [6, 6.07) is 10.7. The van der Waals surface area contributed by atoms with E-state index >= 15 is 0 Å². The molecule has 0 aliphatic carbocycles. The molecule has 2 rings (SSSR count). The molecule has 0 saturated carbocycles. The summed E-state index contributed by atoms with van der Waals surface area (Å²) in [4.78, 5) is 0. The van der Waals surface area contributed by atoms with E-state index in [1.165, 1.54) is 12.1 Å². The lowest BCUT2D eigenvalue weighted by Crippen LogP contribution is -2.06. The first-order valence-corrected chi connectivity index (χ1v) is 7.23. The van der Waals surface area contributed by atoms with Crippen LogP contribution in [-0.4, -0.2) is 13.7 Å². The normalized spacial score (nSPS) is 11.3. The van der Waals surface area contributed by atoms with Gasteiger partial charge in [-0.05, 0) is 54.8 Å². The molecule has 0 unspecified atom stereocenters. The minimum atomic E-state index is -4.30. The van der Waals surface area contributed by atoms with E-state index in [0.29, 0.717) is 23.7 Å². The maximum atomic E-state index is 12.5. The topological polar surface area (TPSA) is 47.3 Å². The van der Waals surface area contributed by atoms with Crippen LogP contribution in [0.25, 0.3) is 0 Å². The van der Waals surface area contributed by atoms with Crippen molar-refractivity contribution in [2.45, 2.75) is 19.0 Å². The van der Waals surface area contributed by atoms with E-state index in [2.05, 4.69) is 5.32 Å². The molecule has 2 aromatic rings. The Kier molecular flexibility index (Phi) is 5.36. The molecule has 2 aromatic carbocycles. The molecule has 0 heterocycles. The van der Waals surface area contributed by atoms with Crippen molar-refractivity contribution < 1.29 is 17.9 Å². The number of anilines is 2. The van der Waals surface area contributed by atoms with Crippen LogP contribution in [0.2, 0.25) is 0 Å². The largest absolute Gasteiger partial charge is 0.495 e. The Morgan fingerprint density at radius 2 is 1.78 bits per heavy atom. The molecule has 23 heavy (non-hydrogen) atoms. The van der Waals surface area contributed by atoms with Crippen molar-refractivity contribution in [3.05, 3.63) is 53.6 Å². The van der Waals surface area contributed by atoms with E-state index in [0.717, 1.165) is 30.5 Å². The van der Waals surface area contributed by atoms with E-state index in [4.69, 9.17) is 10.5 Å². The second kappa shape index (κ2) is 7.26. The Hall–Kier alpha value is -2.37. The fourth-order valence-corrected chi connectivity index (χ4v) is 2.24. The van der Waals surface area contributed by atoms with Gasteiger partial charge >= 0.3 is 6.18 Å². The van der Waals surface area contributed by atoms with Crippen LogP contribution in [0.3, 0.4) is 0 Å². The van der Waals surface area contributed by atoms with Gasteiger partial charge in [-0.3, -0.25) is 0 Å². The Bertz CT molecular complexity index is 639. The van der Waals surface area contributed by atoms with Gasteiger partial charge in [0.2, 0.25) is 0 Å². The van der Waals surface area contributed by atoms with E-state index in [1.54, 1.807) is 7.11 Å². The van der Waals surface area contributed by atoms with Gasteiger partial charge in [0, 0.05) is 12.2 Å². The first-order valence-electron chi connectivity index (χ1n) is 7.23. The van der Waals surface area contributed by atoms with Crippen LogP contribution in [0.1, 0.15) is 17.5 Å². The summed E-state index contributed by atoms with van der Waals surface area (Å²) in [5.41, 5.74) is 7.57. The maximum Gasteiger partial charge on any atom is 0.416 e. The number of ether oxygens (including phenoxy) is 1. The fourth-order valence-electron chi connectivity index (χ4n) is 2.24. The zero-order chi connectivity index (χ0) is 16.9. The highest BCUT2D eigenvalue weighted by Gasteiger charge is 2.29. The number of halogens is 3. The van der Waals surface area contributed by atoms with Crippen LogP contribution in [0.15, 0.2) is 42.5 Å². The Balaban J connectivity index is 1.80. The highest BCUT2D eigenvalue weighted by atomic mass is 19.4. The Morgan fingerprint density at radius 3 is 2.35 bits per heavy atom. The summed E-state index contributed by atoms with van der Waals surface area (Å²) in [5.74, 6) is 0.650. The predicted molar refractivity (Wildman–Crippen MR) is 85.7 cm³/mol. The van der Waals surface area contributed by atoms with Crippen LogP contribution in [0.4, 0.5) is 24.5 Å². The summed E-state index contributed by atoms with van der Waals surface area (Å²) >= 11 is 0. The van der Waals surface area contributed by atoms with E-state index in [-0.39, 0.29) is 0 Å². The van der Waals surface area contributed by atoms with Gasteiger partial charge in [0.15, 0.2) is 0 Å². The standard InChI is InChI=1S/C17H19F3N2O/c1-23-16-9-4-12(11-15(16)21)3-2-10-22-14-7-5-13(6-8-14)17(18,19)20/h4-9,11,22H,2-3,10,21H2,1H3. The average molecular weight is 324 g/mol. The van der Waals surface area contributed by atoms with Gasteiger partial charge in [0.05, 0.1) is 18.4 Å². The molecule has 0 radical (unpaired) electrons. The number of hydrogen-bond donors (Lipinski definition) is 2. The first kappa shape index (κ1) is 17.0. The number of hydrogen-bond acceptors (Lipinski definition) is 3. The summed E-state index contributed by atoms with van der Waals surface area (Å²) in [5, 5.41) is 3.11. The van der Waals surface area contributed by atoms with Crippen molar-refractivity contribution in [1.29, 1.82) is 0 Å². The van der Waals surface area contributed by atoms with Crippen LogP contribution in [0, 0.1) is 0 Å². The molecule has 0 aliphatic rings. The van der Waals surface area contributed by atoms with Crippen molar-refractivity contribution in [1.82, 2.24) is 0 Å². The van der Waals surface area contributed by atoms with Crippen LogP contribution >= 0.6 is 0 Å². The molecule has 0 fully saturated rings. The van der Waals surface area contributed by atoms with Gasteiger partial charge in [0.1, 0.15) is 5.75 Å². The molecule has 0 amide bonds. The number of rotatable bonds is 6. The smallest absolute Gasteiger partial charge is 0.416 e. The molecule has 3 N–H and O–H groups in total. The first-order chi connectivity index (χ1) is 10.9.